The van der Waals surface area contributed by atoms with E-state index < -0.39 is 0 Å². The van der Waals surface area contributed by atoms with Crippen LogP contribution in [-0.4, -0.2) is 6.10 Å². The SMILES string of the molecule is CC(C)[O][Sm]. The first kappa shape index (κ1) is 6.30. The van der Waals surface area contributed by atoms with Crippen molar-refractivity contribution >= 4 is 0 Å². The van der Waals surface area contributed by atoms with Crippen LogP contribution >= 0.6 is 0 Å². The van der Waals surface area contributed by atoms with E-state index in [1.807, 2.05) is 13.8 Å². The molecule has 0 aliphatic heterocycles. The van der Waals surface area contributed by atoms with E-state index in [9.17, 15) is 0 Å². The van der Waals surface area contributed by atoms with E-state index in [0.29, 0.717) is 6.10 Å². The third-order valence-corrected chi connectivity index (χ3v) is 1.43. The quantitative estimate of drug-likeness (QED) is 0.623. The number of hydrogen-bond donors (Lipinski definition) is 0. The first-order valence-corrected chi connectivity index (χ1v) is 2.63. The summed E-state index contributed by atoms with van der Waals surface area (Å²) in [7, 11) is 0. The molecule has 0 spiro atoms. The standard InChI is InChI=1S/C3H7O.Sm/c1-3(2)4;/h3H,1-2H3;/q-1;+1. The molecule has 0 aromatic carbocycles. The Morgan fingerprint density at radius 2 is 1.80 bits per heavy atom. The van der Waals surface area contributed by atoms with Crippen molar-refractivity contribution < 1.29 is 40.0 Å². The van der Waals surface area contributed by atoms with Crippen molar-refractivity contribution in [3.8, 4) is 0 Å². The summed E-state index contributed by atoms with van der Waals surface area (Å²) in [6.07, 6.45) is 0.421. The molecule has 0 unspecified atom stereocenters. The van der Waals surface area contributed by atoms with Crippen LogP contribution in [-0.2, 0) is 1.12 Å². The van der Waals surface area contributed by atoms with Gasteiger partial charge in [0.15, 0.2) is 0 Å². The van der Waals surface area contributed by atoms with Crippen LogP contribution in [0.5, 0.6) is 0 Å². The third-order valence-electron chi connectivity index (χ3n) is 0.192. The molecule has 1 nitrogen and oxygen atoms in total. The fourth-order valence-electron chi connectivity index (χ4n) is 0. The van der Waals surface area contributed by atoms with Crippen molar-refractivity contribution in [3.63, 3.8) is 0 Å². The molecule has 0 aliphatic carbocycles. The van der Waals surface area contributed by atoms with Crippen molar-refractivity contribution in [3.05, 3.63) is 0 Å². The van der Waals surface area contributed by atoms with Gasteiger partial charge < -0.3 is 0 Å². The third kappa shape index (κ3) is 5.30. The van der Waals surface area contributed by atoms with Gasteiger partial charge in [-0.3, -0.25) is 0 Å². The molecule has 0 aromatic rings. The second-order valence-electron chi connectivity index (χ2n) is 1.14. The molecule has 0 heterocycles. The van der Waals surface area contributed by atoms with Gasteiger partial charge in [-0.2, -0.15) is 0 Å². The number of rotatable bonds is 1. The second kappa shape index (κ2) is 3.49. The molecule has 0 saturated heterocycles. The van der Waals surface area contributed by atoms with Gasteiger partial charge in [-0.25, -0.2) is 0 Å². The average molecular weight is 209 g/mol. The van der Waals surface area contributed by atoms with Gasteiger partial charge >= 0.3 is 60.0 Å². The summed E-state index contributed by atoms with van der Waals surface area (Å²) in [5.41, 5.74) is 0. The molecule has 0 radical (unpaired) electrons. The molecule has 0 aromatic heterocycles. The van der Waals surface area contributed by atoms with Crippen LogP contribution in [0.1, 0.15) is 13.8 Å². The van der Waals surface area contributed by atoms with Gasteiger partial charge in [0.05, 0.1) is 0 Å². The van der Waals surface area contributed by atoms with E-state index in [1.54, 1.807) is 0 Å². The molecule has 0 aliphatic rings. The fourth-order valence-corrected chi connectivity index (χ4v) is 0. The fraction of sp³-hybridized carbons (Fsp3) is 1.00. The molecule has 0 saturated carbocycles. The second-order valence-corrected chi connectivity index (χ2v) is 1.76. The van der Waals surface area contributed by atoms with Crippen molar-refractivity contribution in [2.75, 3.05) is 0 Å². The Hall–Kier alpha value is 1.30. The number of hydrogen-bond acceptors (Lipinski definition) is 1. The summed E-state index contributed by atoms with van der Waals surface area (Å²) in [6.45, 7) is 4.04. The molecule has 5 heavy (non-hydrogen) atoms. The van der Waals surface area contributed by atoms with Gasteiger partial charge in [0.2, 0.25) is 0 Å². The van der Waals surface area contributed by atoms with Crippen LogP contribution in [0.25, 0.3) is 0 Å². The Kier molecular flexibility index (Phi) is 4.39. The van der Waals surface area contributed by atoms with Gasteiger partial charge in [-0.1, -0.05) is 0 Å². The molecule has 0 N–H and O–H groups in total. The van der Waals surface area contributed by atoms with Crippen LogP contribution in [0, 0.1) is 38.9 Å². The van der Waals surface area contributed by atoms with E-state index in [4.69, 9.17) is 1.12 Å². The van der Waals surface area contributed by atoms with Crippen LogP contribution in [0.15, 0.2) is 0 Å². The Balaban J connectivity index is 2.54. The minimum absolute atomic E-state index is 0.421. The Labute approximate surface area is 59.4 Å². The molecule has 0 rings (SSSR count). The predicted octanol–water partition coefficient (Wildman–Crippen LogP) is 0.876. The van der Waals surface area contributed by atoms with Crippen LogP contribution in [0.4, 0.5) is 0 Å². The first-order valence-electron chi connectivity index (χ1n) is 1.56. The van der Waals surface area contributed by atoms with Gasteiger partial charge in [0.1, 0.15) is 0 Å². The maximum absolute atomic E-state index is 4.83. The monoisotopic (exact) mass is 211 g/mol. The van der Waals surface area contributed by atoms with Crippen LogP contribution in [0.2, 0.25) is 0 Å². The van der Waals surface area contributed by atoms with Crippen LogP contribution < -0.4 is 0 Å². The predicted molar refractivity (Wildman–Crippen MR) is 16.2 cm³/mol. The minimum atomic E-state index is 0.421. The summed E-state index contributed by atoms with van der Waals surface area (Å²) in [4.78, 5) is 0. The van der Waals surface area contributed by atoms with Gasteiger partial charge in [0.25, 0.3) is 0 Å². The van der Waals surface area contributed by atoms with E-state index in [-0.39, 0.29) is 0 Å². The maximum atomic E-state index is 4.83. The topological polar surface area (TPSA) is 9.23 Å². The molecule has 0 bridgehead atoms. The van der Waals surface area contributed by atoms with Crippen molar-refractivity contribution in [2.24, 2.45) is 0 Å². The zero-order valence-corrected chi connectivity index (χ0v) is 6.01. The molecule has 0 fully saturated rings. The Bertz CT molecular complexity index is 20.9. The molecule has 0 atom stereocenters. The normalized spacial score (nSPS) is 9.40. The zero-order chi connectivity index (χ0) is 4.28. The summed E-state index contributed by atoms with van der Waals surface area (Å²) in [6, 6.07) is 0. The van der Waals surface area contributed by atoms with E-state index in [2.05, 4.69) is 0 Å². The Morgan fingerprint density at radius 3 is 1.80 bits per heavy atom. The van der Waals surface area contributed by atoms with E-state index in [0.717, 1.165) is 0 Å². The van der Waals surface area contributed by atoms with Gasteiger partial charge in [-0.15, -0.1) is 0 Å². The molecular formula is C3H7OSm. The van der Waals surface area contributed by atoms with Crippen LogP contribution in [0.3, 0.4) is 0 Å². The van der Waals surface area contributed by atoms with Crippen molar-refractivity contribution in [2.45, 2.75) is 20.0 Å². The Morgan fingerprint density at radius 1 is 1.60 bits per heavy atom. The van der Waals surface area contributed by atoms with Gasteiger partial charge in [0, 0.05) is 0 Å². The summed E-state index contributed by atoms with van der Waals surface area (Å²) < 4.78 is 4.83. The average Bonchev–Trinajstić information content (AvgIpc) is 1.38. The van der Waals surface area contributed by atoms with E-state index in [1.165, 1.54) is 38.9 Å². The molecule has 31 valence electrons. The molecular weight excluding hydrogens is 202 g/mol. The van der Waals surface area contributed by atoms with E-state index >= 15 is 0 Å². The summed E-state index contributed by atoms with van der Waals surface area (Å²) in [5, 5.41) is 0. The summed E-state index contributed by atoms with van der Waals surface area (Å²) >= 11 is 1.20. The molecule has 2 heteroatoms. The first-order chi connectivity index (χ1) is 2.27. The van der Waals surface area contributed by atoms with Gasteiger partial charge in [-0.05, 0) is 0 Å². The van der Waals surface area contributed by atoms with Crippen molar-refractivity contribution in [1.29, 1.82) is 0 Å². The zero-order valence-electron chi connectivity index (χ0n) is 3.39. The summed E-state index contributed by atoms with van der Waals surface area (Å²) in [5.74, 6) is 0. The van der Waals surface area contributed by atoms with Crippen molar-refractivity contribution in [1.82, 2.24) is 0 Å². The molecule has 0 amide bonds.